The molecule has 0 aromatic heterocycles. The van der Waals surface area contributed by atoms with E-state index in [1.54, 1.807) is 0 Å². The van der Waals surface area contributed by atoms with Gasteiger partial charge in [0.2, 0.25) is 0 Å². The van der Waals surface area contributed by atoms with Gasteiger partial charge in [0.05, 0.1) is 26.4 Å². The van der Waals surface area contributed by atoms with Gasteiger partial charge in [-0.15, -0.1) is 0 Å². The van der Waals surface area contributed by atoms with Crippen molar-refractivity contribution in [2.24, 2.45) is 0 Å². The minimum Gasteiger partial charge on any atom is -0.462 e. The molecular weight excluding hydrogens is 1330 g/mol. The van der Waals surface area contributed by atoms with Crippen LogP contribution in [-0.2, 0) is 65.4 Å². The second-order valence-electron chi connectivity index (χ2n) is 27.3. The number of aliphatic hydroxyl groups excluding tert-OH is 1. The highest BCUT2D eigenvalue weighted by Crippen LogP contribution is 2.45. The van der Waals surface area contributed by atoms with Crippen LogP contribution in [0, 0.1) is 0 Å². The lowest BCUT2D eigenvalue weighted by Gasteiger charge is -2.21. The maximum absolute atomic E-state index is 13.1. The van der Waals surface area contributed by atoms with Crippen molar-refractivity contribution < 1.29 is 80.2 Å². The van der Waals surface area contributed by atoms with Crippen molar-refractivity contribution in [1.29, 1.82) is 0 Å². The zero-order valence-electron chi connectivity index (χ0n) is 64.8. The molecule has 0 heterocycles. The molecule has 0 amide bonds. The summed E-state index contributed by atoms with van der Waals surface area (Å²) in [6.45, 7) is 4.75. The molecule has 0 radical (unpaired) electrons. The number of rotatable bonds is 77. The Hall–Kier alpha value is -3.76. The van der Waals surface area contributed by atoms with Gasteiger partial charge >= 0.3 is 39.5 Å². The van der Waals surface area contributed by atoms with E-state index in [-0.39, 0.29) is 25.7 Å². The molecule has 0 aliphatic carbocycles. The van der Waals surface area contributed by atoms with Crippen LogP contribution in [0.3, 0.4) is 0 Å². The Morgan fingerprint density at radius 3 is 0.814 bits per heavy atom. The van der Waals surface area contributed by atoms with Gasteiger partial charge < -0.3 is 33.8 Å². The molecule has 3 N–H and O–H groups in total. The van der Waals surface area contributed by atoms with E-state index in [9.17, 15) is 43.2 Å². The van der Waals surface area contributed by atoms with Crippen molar-refractivity contribution in [3.63, 3.8) is 0 Å². The van der Waals surface area contributed by atoms with Gasteiger partial charge in [-0.1, -0.05) is 299 Å². The highest BCUT2D eigenvalue weighted by atomic mass is 31.2. The Morgan fingerprint density at radius 1 is 0.284 bits per heavy atom. The predicted molar refractivity (Wildman–Crippen MR) is 418 cm³/mol. The number of allylic oxidation sites excluding steroid dienone is 14. The Morgan fingerprint density at radius 2 is 0.510 bits per heavy atom. The summed E-state index contributed by atoms with van der Waals surface area (Å²) in [4.78, 5) is 73.0. The number of carbonyl (C=O) groups is 4. The summed E-state index contributed by atoms with van der Waals surface area (Å²) in [5.74, 6) is -2.19. The molecule has 19 heteroatoms. The van der Waals surface area contributed by atoms with Crippen LogP contribution in [0.4, 0.5) is 0 Å². The molecule has 17 nitrogen and oxygen atoms in total. The molecule has 0 rings (SSSR count). The third-order valence-corrected chi connectivity index (χ3v) is 19.2. The first-order chi connectivity index (χ1) is 49.7. The Bertz CT molecular complexity index is 2260. The lowest BCUT2D eigenvalue weighted by atomic mass is 10.0. The summed E-state index contributed by atoms with van der Waals surface area (Å²) >= 11 is 0. The van der Waals surface area contributed by atoms with Crippen molar-refractivity contribution in [1.82, 2.24) is 0 Å². The van der Waals surface area contributed by atoms with Crippen molar-refractivity contribution in [2.75, 3.05) is 39.6 Å². The lowest BCUT2D eigenvalue weighted by molar-refractivity contribution is -0.161. The van der Waals surface area contributed by atoms with E-state index in [1.807, 2.05) is 0 Å². The number of phosphoric acid groups is 2. The molecular formula is C83H148O17P2. The molecule has 0 aliphatic rings. The maximum Gasteiger partial charge on any atom is 0.472 e. The lowest BCUT2D eigenvalue weighted by Crippen LogP contribution is -2.30. The van der Waals surface area contributed by atoms with Crippen molar-refractivity contribution in [2.45, 2.75) is 380 Å². The van der Waals surface area contributed by atoms with Crippen LogP contribution in [0.15, 0.2) is 85.1 Å². The highest BCUT2D eigenvalue weighted by molar-refractivity contribution is 7.47. The smallest absolute Gasteiger partial charge is 0.462 e. The summed E-state index contributed by atoms with van der Waals surface area (Å²) in [7, 11) is -9.96. The summed E-state index contributed by atoms with van der Waals surface area (Å²) in [5, 5.41) is 10.6. The molecule has 102 heavy (non-hydrogen) atoms. The van der Waals surface area contributed by atoms with E-state index in [4.69, 9.17) is 37.0 Å². The molecule has 0 saturated carbocycles. The van der Waals surface area contributed by atoms with Gasteiger partial charge in [-0.3, -0.25) is 37.3 Å². The molecule has 0 aliphatic heterocycles. The third-order valence-electron chi connectivity index (χ3n) is 17.3. The topological polar surface area (TPSA) is 237 Å². The van der Waals surface area contributed by atoms with Crippen molar-refractivity contribution >= 4 is 39.5 Å². The van der Waals surface area contributed by atoms with Crippen LogP contribution in [0.2, 0.25) is 0 Å². The maximum atomic E-state index is 13.1. The van der Waals surface area contributed by atoms with Crippen molar-refractivity contribution in [3.8, 4) is 0 Å². The average Bonchev–Trinajstić information content (AvgIpc) is 0.909. The molecule has 592 valence electrons. The van der Waals surface area contributed by atoms with Crippen LogP contribution < -0.4 is 0 Å². The van der Waals surface area contributed by atoms with Gasteiger partial charge in [-0.2, -0.15) is 0 Å². The molecule has 0 saturated heterocycles. The first-order valence-electron chi connectivity index (χ1n) is 40.8. The summed E-state index contributed by atoms with van der Waals surface area (Å²) < 4.78 is 68.6. The monoisotopic (exact) mass is 1480 g/mol. The normalized spacial score (nSPS) is 14.3. The van der Waals surface area contributed by atoms with E-state index >= 15 is 0 Å². The van der Waals surface area contributed by atoms with Crippen LogP contribution in [-0.4, -0.2) is 96.7 Å². The Labute approximate surface area is 621 Å². The fourth-order valence-electron chi connectivity index (χ4n) is 11.1. The number of esters is 4. The quantitative estimate of drug-likeness (QED) is 0.0169. The fourth-order valence-corrected chi connectivity index (χ4v) is 12.7. The zero-order valence-corrected chi connectivity index (χ0v) is 66.6. The van der Waals surface area contributed by atoms with Gasteiger partial charge in [0.25, 0.3) is 0 Å². The molecule has 5 unspecified atom stereocenters. The molecule has 0 fully saturated rings. The van der Waals surface area contributed by atoms with Gasteiger partial charge in [0, 0.05) is 25.7 Å². The minimum atomic E-state index is -4.98. The molecule has 5 atom stereocenters. The number of carbonyl (C=O) groups excluding carboxylic acids is 4. The van der Waals surface area contributed by atoms with Crippen LogP contribution >= 0.6 is 15.6 Å². The average molecular weight is 1480 g/mol. The first kappa shape index (κ1) is 98.2. The highest BCUT2D eigenvalue weighted by Gasteiger charge is 2.30. The molecule has 0 aromatic rings. The zero-order chi connectivity index (χ0) is 74.6. The van der Waals surface area contributed by atoms with E-state index < -0.39 is 97.5 Å². The van der Waals surface area contributed by atoms with E-state index in [0.29, 0.717) is 25.7 Å². The largest absolute Gasteiger partial charge is 0.472 e. The van der Waals surface area contributed by atoms with Gasteiger partial charge in [0.15, 0.2) is 12.2 Å². The van der Waals surface area contributed by atoms with Gasteiger partial charge in [0.1, 0.15) is 19.3 Å². The summed E-state index contributed by atoms with van der Waals surface area (Å²) in [6.07, 6.45) is 78.4. The number of ether oxygens (including phenoxy) is 4. The molecule has 0 spiro atoms. The number of aliphatic hydroxyl groups is 1. The van der Waals surface area contributed by atoms with Crippen molar-refractivity contribution in [3.05, 3.63) is 85.1 Å². The molecule has 0 bridgehead atoms. The Kier molecular flexibility index (Phi) is 72.7. The van der Waals surface area contributed by atoms with Crippen LogP contribution in [0.25, 0.3) is 0 Å². The third kappa shape index (κ3) is 74.5. The Balaban J connectivity index is 5.35. The number of unbranched alkanes of at least 4 members (excludes halogenated alkanes) is 37. The minimum absolute atomic E-state index is 0.0839. The van der Waals surface area contributed by atoms with E-state index in [0.717, 1.165) is 173 Å². The first-order valence-corrected chi connectivity index (χ1v) is 43.8. The summed E-state index contributed by atoms with van der Waals surface area (Å²) in [5.41, 5.74) is 0. The van der Waals surface area contributed by atoms with E-state index in [2.05, 4.69) is 113 Å². The SMILES string of the molecule is CC/C=C\C/C=C\C/C=C\CCCCCCCC(=O)OCC(COP(=O)(O)OCC(O)COP(=O)(O)OCC(COC(=O)CCCCCCCC/C=C\C/C=C\C/C=C\CCCCC)OC(=O)CCCCCCC/C=C\CCCCCCCC)OC(=O)CCCCCCCCCCCCCCC. The van der Waals surface area contributed by atoms with Crippen LogP contribution in [0.5, 0.6) is 0 Å². The standard InChI is InChI=1S/C83H148O17P2/c1-5-9-13-17-21-25-29-33-36-37-38-39-42-45-48-52-56-60-64-68-81(86)94-74-79(100-83(88)70-66-62-58-54-50-46-41-35-31-27-23-19-15-11-7-3)76-98-102(91,92)96-72-77(84)71-95-101(89,90)97-75-78(99-82(87)69-65-61-57-53-49-43-32-28-24-20-16-12-8-4)73-93-80(85)67-63-59-55-51-47-44-40-34-30-26-22-18-14-10-6-2/h10,14,21-22,25-26,33-36,38-41,77-79,84H,5-9,11-13,15-20,23-24,27-32,37,42-76H2,1-4H3,(H,89,90)(H,91,92)/b14-10-,25-21-,26-22-,36-33-,39-38-,40-34-,41-35-. The second-order valence-corrected chi connectivity index (χ2v) is 30.2. The number of phosphoric ester groups is 2. The van der Waals surface area contributed by atoms with Crippen LogP contribution in [0.1, 0.15) is 362 Å². The fraction of sp³-hybridized carbons (Fsp3) is 0.783. The van der Waals surface area contributed by atoms with Gasteiger partial charge in [-0.05, 0) is 122 Å². The number of hydrogen-bond acceptors (Lipinski definition) is 15. The molecule has 0 aromatic carbocycles. The predicted octanol–water partition coefficient (Wildman–Crippen LogP) is 23.8. The summed E-state index contributed by atoms with van der Waals surface area (Å²) in [6, 6.07) is 0. The van der Waals surface area contributed by atoms with E-state index in [1.165, 1.54) is 109 Å². The van der Waals surface area contributed by atoms with Gasteiger partial charge in [-0.25, -0.2) is 9.13 Å². The number of hydrogen-bond donors (Lipinski definition) is 3. The second kappa shape index (κ2) is 75.5.